The number of rotatable bonds is 6. The van der Waals surface area contributed by atoms with E-state index in [9.17, 15) is 9.18 Å². The zero-order valence-electron chi connectivity index (χ0n) is 12.4. The first-order valence-corrected chi connectivity index (χ1v) is 7.07. The number of aromatic nitrogens is 2. The molecule has 1 aromatic heterocycles. The molecule has 112 valence electrons. The van der Waals surface area contributed by atoms with Crippen molar-refractivity contribution in [1.82, 2.24) is 15.1 Å². The summed E-state index contributed by atoms with van der Waals surface area (Å²) in [4.78, 5) is 11.8. The quantitative estimate of drug-likeness (QED) is 0.887. The number of benzene rings is 1. The highest BCUT2D eigenvalue weighted by atomic mass is 19.1. The molecule has 1 amide bonds. The minimum atomic E-state index is -0.243. The number of aryl methyl sites for hydroxylation is 3. The summed E-state index contributed by atoms with van der Waals surface area (Å²) in [5.74, 6) is -0.239. The lowest BCUT2D eigenvalue weighted by Gasteiger charge is -2.07. The van der Waals surface area contributed by atoms with E-state index >= 15 is 0 Å². The lowest BCUT2D eigenvalue weighted by molar-refractivity contribution is -0.121. The highest BCUT2D eigenvalue weighted by Crippen LogP contribution is 2.04. The summed E-state index contributed by atoms with van der Waals surface area (Å²) in [6.07, 6.45) is 1.11. The van der Waals surface area contributed by atoms with Crippen molar-refractivity contribution in [3.05, 3.63) is 53.1 Å². The first-order valence-electron chi connectivity index (χ1n) is 7.07. The van der Waals surface area contributed by atoms with Gasteiger partial charge in [-0.2, -0.15) is 5.10 Å². The Morgan fingerprint density at radius 3 is 2.62 bits per heavy atom. The molecule has 0 saturated carbocycles. The van der Waals surface area contributed by atoms with Gasteiger partial charge < -0.3 is 5.32 Å². The van der Waals surface area contributed by atoms with Crippen LogP contribution in [0, 0.1) is 19.7 Å². The molecule has 0 aliphatic rings. The zero-order valence-corrected chi connectivity index (χ0v) is 12.4. The fraction of sp³-hybridized carbons (Fsp3) is 0.375. The van der Waals surface area contributed by atoms with E-state index in [2.05, 4.69) is 10.4 Å². The maximum atomic E-state index is 12.8. The first kappa shape index (κ1) is 15.2. The van der Waals surface area contributed by atoms with Crippen LogP contribution in [0.3, 0.4) is 0 Å². The molecule has 0 spiro atoms. The number of carbonyl (C=O) groups excluding carboxylic acids is 1. The maximum Gasteiger partial charge on any atom is 0.221 e. The fourth-order valence-corrected chi connectivity index (χ4v) is 2.19. The number of hydrogen-bond donors (Lipinski definition) is 1. The van der Waals surface area contributed by atoms with Gasteiger partial charge in [0.2, 0.25) is 5.91 Å². The minimum Gasteiger partial charge on any atom is -0.356 e. The second-order valence-corrected chi connectivity index (χ2v) is 5.13. The molecule has 4 nitrogen and oxygen atoms in total. The topological polar surface area (TPSA) is 46.9 Å². The van der Waals surface area contributed by atoms with Gasteiger partial charge in [-0.1, -0.05) is 12.1 Å². The highest BCUT2D eigenvalue weighted by molar-refractivity contribution is 5.75. The second kappa shape index (κ2) is 7.02. The predicted molar refractivity (Wildman–Crippen MR) is 79.4 cm³/mol. The SMILES string of the molecule is Cc1cc(C)n(CCC(=O)NCCc2ccc(F)cc2)n1. The summed E-state index contributed by atoms with van der Waals surface area (Å²) in [6.45, 7) is 5.06. The van der Waals surface area contributed by atoms with Crippen LogP contribution in [0.1, 0.15) is 23.4 Å². The lowest BCUT2D eigenvalue weighted by Crippen LogP contribution is -2.26. The van der Waals surface area contributed by atoms with Crippen LogP contribution in [0.25, 0.3) is 0 Å². The van der Waals surface area contributed by atoms with Crippen LogP contribution < -0.4 is 5.32 Å². The van der Waals surface area contributed by atoms with Gasteiger partial charge in [-0.05, 0) is 44.0 Å². The van der Waals surface area contributed by atoms with Crippen molar-refractivity contribution in [2.45, 2.75) is 33.2 Å². The predicted octanol–water partition coefficient (Wildman–Crippen LogP) is 2.39. The summed E-state index contributed by atoms with van der Waals surface area (Å²) in [5, 5.41) is 7.19. The van der Waals surface area contributed by atoms with Crippen LogP contribution in [-0.2, 0) is 17.8 Å². The average Bonchev–Trinajstić information content (AvgIpc) is 2.77. The molecule has 5 heteroatoms. The normalized spacial score (nSPS) is 10.6. The second-order valence-electron chi connectivity index (χ2n) is 5.13. The van der Waals surface area contributed by atoms with Gasteiger partial charge in [0.15, 0.2) is 0 Å². The molecular weight excluding hydrogens is 269 g/mol. The molecule has 0 atom stereocenters. The lowest BCUT2D eigenvalue weighted by atomic mass is 10.1. The van der Waals surface area contributed by atoms with Crippen molar-refractivity contribution in [1.29, 1.82) is 0 Å². The fourth-order valence-electron chi connectivity index (χ4n) is 2.19. The number of nitrogens with zero attached hydrogens (tertiary/aromatic N) is 2. The van der Waals surface area contributed by atoms with Crippen LogP contribution in [0.4, 0.5) is 4.39 Å². The van der Waals surface area contributed by atoms with Gasteiger partial charge in [-0.3, -0.25) is 9.48 Å². The summed E-state index contributed by atoms with van der Waals surface area (Å²) in [5.41, 5.74) is 3.03. The number of halogens is 1. The molecule has 0 aliphatic heterocycles. The van der Waals surface area contributed by atoms with E-state index in [1.165, 1.54) is 12.1 Å². The summed E-state index contributed by atoms with van der Waals surface area (Å²) >= 11 is 0. The Labute approximate surface area is 124 Å². The van der Waals surface area contributed by atoms with E-state index in [0.29, 0.717) is 25.9 Å². The zero-order chi connectivity index (χ0) is 15.2. The molecule has 0 radical (unpaired) electrons. The third kappa shape index (κ3) is 4.70. The van der Waals surface area contributed by atoms with Crippen molar-refractivity contribution in [3.63, 3.8) is 0 Å². The molecule has 21 heavy (non-hydrogen) atoms. The Morgan fingerprint density at radius 2 is 2.00 bits per heavy atom. The number of amides is 1. The molecule has 1 heterocycles. The minimum absolute atomic E-state index is 0.00432. The molecular formula is C16H20FN3O. The monoisotopic (exact) mass is 289 g/mol. The largest absolute Gasteiger partial charge is 0.356 e. The van der Waals surface area contributed by atoms with Crippen molar-refractivity contribution in [3.8, 4) is 0 Å². The summed E-state index contributed by atoms with van der Waals surface area (Å²) < 4.78 is 14.6. The average molecular weight is 289 g/mol. The highest BCUT2D eigenvalue weighted by Gasteiger charge is 2.05. The molecule has 2 aromatic rings. The number of nitrogens with one attached hydrogen (secondary N) is 1. The van der Waals surface area contributed by atoms with Gasteiger partial charge in [0.25, 0.3) is 0 Å². The van der Waals surface area contributed by atoms with Crippen LogP contribution in [0.15, 0.2) is 30.3 Å². The van der Waals surface area contributed by atoms with Crippen molar-refractivity contribution in [2.75, 3.05) is 6.54 Å². The van der Waals surface area contributed by atoms with E-state index in [4.69, 9.17) is 0 Å². The summed E-state index contributed by atoms with van der Waals surface area (Å²) in [7, 11) is 0. The van der Waals surface area contributed by atoms with Gasteiger partial charge in [0.05, 0.1) is 5.69 Å². The molecule has 0 aliphatic carbocycles. The molecule has 0 saturated heterocycles. The molecule has 0 unspecified atom stereocenters. The van der Waals surface area contributed by atoms with Gasteiger partial charge in [0, 0.05) is 25.2 Å². The Kier molecular flexibility index (Phi) is 5.09. The Hall–Kier alpha value is -2.17. The first-order chi connectivity index (χ1) is 10.0. The van der Waals surface area contributed by atoms with E-state index in [1.54, 1.807) is 12.1 Å². The standard InChI is InChI=1S/C16H20FN3O/c1-12-11-13(2)20(19-12)10-8-16(21)18-9-7-14-3-5-15(17)6-4-14/h3-6,11H,7-10H2,1-2H3,(H,18,21). The van der Waals surface area contributed by atoms with Gasteiger partial charge in [-0.25, -0.2) is 4.39 Å². The number of carbonyl (C=O) groups is 1. The molecule has 0 fully saturated rings. The van der Waals surface area contributed by atoms with Gasteiger partial charge in [-0.15, -0.1) is 0 Å². The van der Waals surface area contributed by atoms with Gasteiger partial charge >= 0.3 is 0 Å². The maximum absolute atomic E-state index is 12.8. The van der Waals surface area contributed by atoms with E-state index < -0.39 is 0 Å². The molecule has 0 bridgehead atoms. The molecule has 1 aromatic carbocycles. The van der Waals surface area contributed by atoms with Gasteiger partial charge in [0.1, 0.15) is 5.82 Å². The Bertz CT molecular complexity index is 604. The Balaban J connectivity index is 1.70. The van der Waals surface area contributed by atoms with E-state index in [-0.39, 0.29) is 11.7 Å². The molecule has 2 rings (SSSR count). The third-order valence-corrected chi connectivity index (χ3v) is 3.30. The van der Waals surface area contributed by atoms with Crippen LogP contribution in [-0.4, -0.2) is 22.2 Å². The van der Waals surface area contributed by atoms with Crippen LogP contribution in [0.2, 0.25) is 0 Å². The smallest absolute Gasteiger partial charge is 0.221 e. The van der Waals surface area contributed by atoms with Crippen molar-refractivity contribution >= 4 is 5.91 Å². The van der Waals surface area contributed by atoms with Crippen molar-refractivity contribution in [2.24, 2.45) is 0 Å². The van der Waals surface area contributed by atoms with Crippen LogP contribution >= 0.6 is 0 Å². The Morgan fingerprint density at radius 1 is 1.29 bits per heavy atom. The summed E-state index contributed by atoms with van der Waals surface area (Å²) in [6, 6.07) is 8.32. The van der Waals surface area contributed by atoms with Crippen molar-refractivity contribution < 1.29 is 9.18 Å². The number of hydrogen-bond acceptors (Lipinski definition) is 2. The third-order valence-electron chi connectivity index (χ3n) is 3.30. The van der Waals surface area contributed by atoms with Crippen LogP contribution in [0.5, 0.6) is 0 Å². The van der Waals surface area contributed by atoms with E-state index in [0.717, 1.165) is 17.0 Å². The molecule has 1 N–H and O–H groups in total. The van der Waals surface area contributed by atoms with E-state index in [1.807, 2.05) is 24.6 Å².